The van der Waals surface area contributed by atoms with Crippen LogP contribution in [0.25, 0.3) is 0 Å². The number of nitrogens with zero attached hydrogens (tertiary/aromatic N) is 1. The molecule has 0 aliphatic heterocycles. The van der Waals surface area contributed by atoms with Crippen LogP contribution >= 0.6 is 0 Å². The Morgan fingerprint density at radius 3 is 2.27 bits per heavy atom. The standard InChI is InChI=1S/C10H19N/c1-8-4-10(7-11(2)3)5-9(8)6-10/h8-9H,4-7H2,1-3H3. The highest BCUT2D eigenvalue weighted by atomic mass is 15.1. The average molecular weight is 153 g/mol. The molecule has 3 rings (SSSR count). The monoisotopic (exact) mass is 153 g/mol. The van der Waals surface area contributed by atoms with Crippen LogP contribution in [-0.4, -0.2) is 25.5 Å². The fourth-order valence-corrected chi connectivity index (χ4v) is 3.34. The fourth-order valence-electron chi connectivity index (χ4n) is 3.34. The van der Waals surface area contributed by atoms with Crippen molar-refractivity contribution in [3.8, 4) is 0 Å². The number of rotatable bonds is 2. The summed E-state index contributed by atoms with van der Waals surface area (Å²) in [5.74, 6) is 2.12. The quantitative estimate of drug-likeness (QED) is 0.586. The molecule has 0 spiro atoms. The van der Waals surface area contributed by atoms with Gasteiger partial charge in [0.05, 0.1) is 0 Å². The minimum atomic E-state index is 0.758. The lowest BCUT2D eigenvalue weighted by atomic mass is 9.69. The van der Waals surface area contributed by atoms with Crippen LogP contribution in [0.5, 0.6) is 0 Å². The summed E-state index contributed by atoms with van der Waals surface area (Å²) in [6, 6.07) is 0. The highest BCUT2D eigenvalue weighted by Crippen LogP contribution is 2.61. The average Bonchev–Trinajstić information content (AvgIpc) is 2.16. The van der Waals surface area contributed by atoms with E-state index in [4.69, 9.17) is 0 Å². The molecule has 3 aliphatic carbocycles. The van der Waals surface area contributed by atoms with E-state index < -0.39 is 0 Å². The van der Waals surface area contributed by atoms with Crippen LogP contribution in [0.4, 0.5) is 0 Å². The van der Waals surface area contributed by atoms with E-state index >= 15 is 0 Å². The van der Waals surface area contributed by atoms with Crippen molar-refractivity contribution >= 4 is 0 Å². The summed E-state index contributed by atoms with van der Waals surface area (Å²) in [5.41, 5.74) is 0.758. The molecule has 1 heteroatoms. The molecule has 2 bridgehead atoms. The first-order chi connectivity index (χ1) is 5.11. The normalized spacial score (nSPS) is 48.0. The van der Waals surface area contributed by atoms with E-state index in [1.165, 1.54) is 25.8 Å². The molecule has 0 aromatic heterocycles. The molecule has 3 saturated carbocycles. The number of hydrogen-bond donors (Lipinski definition) is 0. The molecular weight excluding hydrogens is 134 g/mol. The topological polar surface area (TPSA) is 3.24 Å². The number of hydrogen-bond acceptors (Lipinski definition) is 1. The van der Waals surface area contributed by atoms with Gasteiger partial charge >= 0.3 is 0 Å². The lowest BCUT2D eigenvalue weighted by Crippen LogP contribution is -2.37. The van der Waals surface area contributed by atoms with Gasteiger partial charge < -0.3 is 4.90 Å². The van der Waals surface area contributed by atoms with Crippen molar-refractivity contribution in [3.63, 3.8) is 0 Å². The molecule has 3 fully saturated rings. The van der Waals surface area contributed by atoms with E-state index in [0.29, 0.717) is 0 Å². The predicted molar refractivity (Wildman–Crippen MR) is 47.5 cm³/mol. The van der Waals surface area contributed by atoms with Crippen LogP contribution in [0.2, 0.25) is 0 Å². The zero-order chi connectivity index (χ0) is 8.06. The third-order valence-electron chi connectivity index (χ3n) is 3.60. The van der Waals surface area contributed by atoms with Gasteiger partial charge in [0.2, 0.25) is 0 Å². The summed E-state index contributed by atoms with van der Waals surface area (Å²) < 4.78 is 0. The van der Waals surface area contributed by atoms with E-state index in [-0.39, 0.29) is 0 Å². The van der Waals surface area contributed by atoms with Crippen LogP contribution < -0.4 is 0 Å². The molecule has 1 unspecified atom stereocenters. The molecule has 0 N–H and O–H groups in total. The lowest BCUT2D eigenvalue weighted by molar-refractivity contribution is 0.0984. The third-order valence-corrected chi connectivity index (χ3v) is 3.60. The molecule has 0 aromatic carbocycles. The van der Waals surface area contributed by atoms with Crippen molar-refractivity contribution in [3.05, 3.63) is 0 Å². The lowest BCUT2D eigenvalue weighted by Gasteiger charge is -2.40. The van der Waals surface area contributed by atoms with Crippen molar-refractivity contribution in [1.82, 2.24) is 4.90 Å². The van der Waals surface area contributed by atoms with Gasteiger partial charge in [0, 0.05) is 6.54 Å². The van der Waals surface area contributed by atoms with E-state index in [1.807, 2.05) is 0 Å². The highest BCUT2D eigenvalue weighted by Gasteiger charge is 2.53. The number of fused-ring (bicyclic) bond motifs is 1. The maximum absolute atomic E-state index is 2.43. The molecule has 11 heavy (non-hydrogen) atoms. The van der Waals surface area contributed by atoms with Gasteiger partial charge in [0.1, 0.15) is 0 Å². The van der Waals surface area contributed by atoms with Crippen molar-refractivity contribution in [1.29, 1.82) is 0 Å². The maximum atomic E-state index is 2.43. The van der Waals surface area contributed by atoms with Crippen LogP contribution in [-0.2, 0) is 0 Å². The molecule has 64 valence electrons. The summed E-state index contributed by atoms with van der Waals surface area (Å²) >= 11 is 0. The largest absolute Gasteiger partial charge is 0.309 e. The molecule has 0 amide bonds. The summed E-state index contributed by atoms with van der Waals surface area (Å²) in [6.45, 7) is 3.75. The second kappa shape index (κ2) is 2.22. The van der Waals surface area contributed by atoms with Crippen LogP contribution in [0.15, 0.2) is 0 Å². The Balaban J connectivity index is 1.95. The van der Waals surface area contributed by atoms with Crippen molar-refractivity contribution in [2.75, 3.05) is 20.6 Å². The van der Waals surface area contributed by atoms with Gasteiger partial charge in [-0.1, -0.05) is 6.92 Å². The zero-order valence-corrected chi connectivity index (χ0v) is 7.93. The van der Waals surface area contributed by atoms with E-state index in [0.717, 1.165) is 17.3 Å². The Bertz CT molecular complexity index is 156. The van der Waals surface area contributed by atoms with Crippen LogP contribution in [0.3, 0.4) is 0 Å². The molecule has 0 radical (unpaired) electrons. The zero-order valence-electron chi connectivity index (χ0n) is 7.93. The highest BCUT2D eigenvalue weighted by molar-refractivity contribution is 5.04. The molecular formula is C10H19N. The molecule has 1 nitrogen and oxygen atoms in total. The van der Waals surface area contributed by atoms with Crippen molar-refractivity contribution in [2.45, 2.75) is 26.2 Å². The Morgan fingerprint density at radius 2 is 1.91 bits per heavy atom. The van der Waals surface area contributed by atoms with Crippen LogP contribution in [0, 0.1) is 17.3 Å². The van der Waals surface area contributed by atoms with Gasteiger partial charge in [-0.3, -0.25) is 0 Å². The van der Waals surface area contributed by atoms with Gasteiger partial charge in [-0.05, 0) is 50.6 Å². The predicted octanol–water partition coefficient (Wildman–Crippen LogP) is 1.98. The fraction of sp³-hybridized carbons (Fsp3) is 1.00. The Morgan fingerprint density at radius 1 is 1.27 bits per heavy atom. The molecule has 0 saturated heterocycles. The van der Waals surface area contributed by atoms with Crippen molar-refractivity contribution in [2.24, 2.45) is 17.3 Å². The van der Waals surface area contributed by atoms with Gasteiger partial charge in [-0.2, -0.15) is 0 Å². The summed E-state index contributed by atoms with van der Waals surface area (Å²) in [4.78, 5) is 2.36. The Labute approximate surface area is 69.8 Å². The summed E-state index contributed by atoms with van der Waals surface area (Å²) in [5, 5.41) is 0. The maximum Gasteiger partial charge on any atom is 0.00322 e. The van der Waals surface area contributed by atoms with Gasteiger partial charge in [-0.15, -0.1) is 0 Å². The van der Waals surface area contributed by atoms with E-state index in [1.54, 1.807) is 0 Å². The smallest absolute Gasteiger partial charge is 0.00322 e. The van der Waals surface area contributed by atoms with Gasteiger partial charge in [-0.25, -0.2) is 0 Å². The molecule has 3 aliphatic rings. The summed E-state index contributed by atoms with van der Waals surface area (Å²) in [7, 11) is 4.40. The van der Waals surface area contributed by atoms with E-state index in [9.17, 15) is 0 Å². The second-order valence-electron chi connectivity index (χ2n) is 5.09. The SMILES string of the molecule is CC1CC2(CN(C)C)CC1C2. The molecule has 0 aromatic rings. The third kappa shape index (κ3) is 1.10. The Kier molecular flexibility index (Phi) is 1.54. The second-order valence-corrected chi connectivity index (χ2v) is 5.09. The first-order valence-corrected chi connectivity index (χ1v) is 4.76. The van der Waals surface area contributed by atoms with Crippen molar-refractivity contribution < 1.29 is 0 Å². The Hall–Kier alpha value is -0.0400. The van der Waals surface area contributed by atoms with E-state index in [2.05, 4.69) is 25.9 Å². The minimum Gasteiger partial charge on any atom is -0.309 e. The minimum absolute atomic E-state index is 0.758. The first kappa shape index (κ1) is 7.60. The van der Waals surface area contributed by atoms with Gasteiger partial charge in [0.25, 0.3) is 0 Å². The molecule has 1 atom stereocenters. The molecule has 0 heterocycles. The van der Waals surface area contributed by atoms with Gasteiger partial charge in [0.15, 0.2) is 0 Å². The summed E-state index contributed by atoms with van der Waals surface area (Å²) in [6.07, 6.45) is 4.54. The van der Waals surface area contributed by atoms with Crippen LogP contribution in [0.1, 0.15) is 26.2 Å². The first-order valence-electron chi connectivity index (χ1n) is 4.76.